The van der Waals surface area contributed by atoms with Crippen molar-refractivity contribution in [2.45, 2.75) is 0 Å². The molecule has 0 saturated carbocycles. The van der Waals surface area contributed by atoms with E-state index in [1.54, 1.807) is 12.1 Å². The minimum atomic E-state index is -3.94. The predicted octanol–water partition coefficient (Wildman–Crippen LogP) is 1.80. The van der Waals surface area contributed by atoms with Crippen molar-refractivity contribution in [3.05, 3.63) is 60.2 Å². The zero-order valence-electron chi connectivity index (χ0n) is 12.0. The van der Waals surface area contributed by atoms with Gasteiger partial charge in [0.15, 0.2) is 0 Å². The van der Waals surface area contributed by atoms with Gasteiger partial charge in [0.05, 0.1) is 0 Å². The first-order valence-electron chi connectivity index (χ1n) is 6.66. The van der Waals surface area contributed by atoms with Crippen LogP contribution >= 0.6 is 10.2 Å². The molecule has 122 valence electrons. The van der Waals surface area contributed by atoms with E-state index in [2.05, 4.69) is 5.32 Å². The first-order valence-corrected chi connectivity index (χ1v) is 12.1. The number of rotatable bonds is 7. The van der Waals surface area contributed by atoms with Gasteiger partial charge in [-0.2, -0.15) is 0 Å². The Morgan fingerprint density at radius 2 is 1.74 bits per heavy atom. The van der Waals surface area contributed by atoms with Crippen molar-refractivity contribution < 1.29 is 17.8 Å². The molecule has 8 heteroatoms. The van der Waals surface area contributed by atoms with Crippen molar-refractivity contribution in [1.82, 2.24) is 0 Å². The maximum absolute atomic E-state index is 12.4. The number of anilines is 1. The first-order chi connectivity index (χ1) is 11.0. The van der Waals surface area contributed by atoms with Crippen LogP contribution in [0.1, 0.15) is 10.4 Å². The molecule has 0 aliphatic heterocycles. The third kappa shape index (κ3) is 6.37. The van der Waals surface area contributed by atoms with Crippen molar-refractivity contribution in [2.75, 3.05) is 16.8 Å². The van der Waals surface area contributed by atoms with Crippen LogP contribution < -0.4 is 9.78 Å². The monoisotopic (exact) mass is 417 g/mol. The molecule has 0 radical (unpaired) electrons. The minimum absolute atomic E-state index is 0.116. The summed E-state index contributed by atoms with van der Waals surface area (Å²) in [7, 11) is -2.52. The molecule has 0 bridgehead atoms. The third-order valence-corrected chi connectivity index (χ3v) is 8.05. The molecule has 23 heavy (non-hydrogen) atoms. The van der Waals surface area contributed by atoms with E-state index in [4.69, 9.17) is 4.55 Å². The van der Waals surface area contributed by atoms with E-state index in [1.807, 2.05) is 42.5 Å². The molecule has 0 unspecified atom stereocenters. The Hall–Kier alpha value is -1.31. The van der Waals surface area contributed by atoms with Crippen LogP contribution in [0.5, 0.6) is 0 Å². The van der Waals surface area contributed by atoms with Crippen LogP contribution in [0.25, 0.3) is 0 Å². The number of hydrogen-bond donors (Lipinski definition) is 2. The van der Waals surface area contributed by atoms with Gasteiger partial charge in [-0.15, -0.1) is 0 Å². The molecule has 2 rings (SSSR count). The Bertz CT molecular complexity index is 766. The third-order valence-electron chi connectivity index (χ3n) is 2.74. The Morgan fingerprint density at radius 3 is 2.43 bits per heavy atom. The normalized spacial score (nSPS) is 11.2. The number of carbonyl (C=O) groups is 1. The molecular formula is C15H15NO4S2Se. The van der Waals surface area contributed by atoms with E-state index in [0.29, 0.717) is 11.3 Å². The van der Waals surface area contributed by atoms with E-state index in [1.165, 1.54) is 10.2 Å². The Balaban J connectivity index is 2.00. The van der Waals surface area contributed by atoms with Crippen molar-refractivity contribution >= 4 is 50.2 Å². The van der Waals surface area contributed by atoms with E-state index in [9.17, 15) is 13.2 Å². The van der Waals surface area contributed by atoms with Crippen LogP contribution in [0.2, 0.25) is 0 Å². The number of benzene rings is 2. The summed E-state index contributed by atoms with van der Waals surface area (Å²) in [5.74, 6) is -0.172. The van der Waals surface area contributed by atoms with Crippen LogP contribution in [-0.4, -0.2) is 44.2 Å². The number of carbonyl (C=O) groups excluding carboxylic acids is 1. The molecule has 5 nitrogen and oxygen atoms in total. The fourth-order valence-corrected chi connectivity index (χ4v) is 7.19. The SMILES string of the molecule is O=C(Nc1ccccc1)c1ccccc1[Se]SCCS(=O)(=O)O. The molecule has 0 fully saturated rings. The van der Waals surface area contributed by atoms with Crippen molar-refractivity contribution in [3.63, 3.8) is 0 Å². The average molecular weight is 416 g/mol. The average Bonchev–Trinajstić information content (AvgIpc) is 2.52. The van der Waals surface area contributed by atoms with Gasteiger partial charge >= 0.3 is 145 Å². The molecule has 0 atom stereocenters. The Kier molecular flexibility index (Phi) is 6.68. The van der Waals surface area contributed by atoms with Gasteiger partial charge in [0.1, 0.15) is 0 Å². The van der Waals surface area contributed by atoms with Crippen molar-refractivity contribution in [3.8, 4) is 0 Å². The van der Waals surface area contributed by atoms with E-state index >= 15 is 0 Å². The summed E-state index contributed by atoms with van der Waals surface area (Å²) in [4.78, 5) is 12.4. The van der Waals surface area contributed by atoms with Gasteiger partial charge in [-0.1, -0.05) is 0 Å². The fourth-order valence-electron chi connectivity index (χ4n) is 1.69. The Labute approximate surface area is 144 Å². The zero-order valence-corrected chi connectivity index (χ0v) is 15.4. The number of amides is 1. The van der Waals surface area contributed by atoms with Gasteiger partial charge in [0, 0.05) is 0 Å². The summed E-state index contributed by atoms with van der Waals surface area (Å²) in [6.07, 6.45) is 0. The van der Waals surface area contributed by atoms with Gasteiger partial charge in [-0.25, -0.2) is 0 Å². The molecule has 1 amide bonds. The second-order valence-electron chi connectivity index (χ2n) is 4.51. The van der Waals surface area contributed by atoms with Gasteiger partial charge in [0.2, 0.25) is 0 Å². The molecule has 0 aromatic heterocycles. The molecule has 0 aliphatic carbocycles. The van der Waals surface area contributed by atoms with Gasteiger partial charge in [0.25, 0.3) is 0 Å². The fraction of sp³-hybridized carbons (Fsp3) is 0.133. The van der Waals surface area contributed by atoms with Crippen LogP contribution in [0.4, 0.5) is 5.69 Å². The standard InChI is InChI=1S/C15H15NO4S2Se/c17-15(16-12-6-2-1-3-7-12)13-8-4-5-9-14(13)23-21-10-11-22(18,19)20/h1-9H,10-11H2,(H,16,17)(H,18,19,20). The molecule has 0 aliphatic rings. The van der Waals surface area contributed by atoms with Crippen LogP contribution in [0, 0.1) is 0 Å². The van der Waals surface area contributed by atoms with Crippen LogP contribution in [0.3, 0.4) is 0 Å². The second-order valence-corrected chi connectivity index (χ2v) is 10.3. The van der Waals surface area contributed by atoms with Crippen LogP contribution in [-0.2, 0) is 10.1 Å². The summed E-state index contributed by atoms with van der Waals surface area (Å²) >= 11 is -0.116. The summed E-state index contributed by atoms with van der Waals surface area (Å²) < 4.78 is 31.0. The van der Waals surface area contributed by atoms with Gasteiger partial charge in [-0.05, 0) is 0 Å². The number of hydrogen-bond acceptors (Lipinski definition) is 4. The summed E-state index contributed by atoms with van der Waals surface area (Å²) in [5, 5.41) is 2.84. The summed E-state index contributed by atoms with van der Waals surface area (Å²) in [6.45, 7) is 0. The molecule has 0 spiro atoms. The maximum atomic E-state index is 12.4. The molecule has 2 N–H and O–H groups in total. The summed E-state index contributed by atoms with van der Waals surface area (Å²) in [5.41, 5.74) is 1.30. The molecular weight excluding hydrogens is 401 g/mol. The Morgan fingerprint density at radius 1 is 1.09 bits per heavy atom. The van der Waals surface area contributed by atoms with E-state index < -0.39 is 10.1 Å². The molecule has 0 saturated heterocycles. The first kappa shape index (κ1) is 18.0. The second kappa shape index (κ2) is 8.52. The topological polar surface area (TPSA) is 83.5 Å². The van der Waals surface area contributed by atoms with Gasteiger partial charge < -0.3 is 0 Å². The molecule has 2 aromatic rings. The molecule has 0 heterocycles. The molecule has 2 aromatic carbocycles. The van der Waals surface area contributed by atoms with Crippen molar-refractivity contribution in [1.29, 1.82) is 0 Å². The van der Waals surface area contributed by atoms with Crippen molar-refractivity contribution in [2.24, 2.45) is 0 Å². The number of para-hydroxylation sites is 1. The summed E-state index contributed by atoms with van der Waals surface area (Å²) in [6, 6.07) is 16.4. The zero-order chi connectivity index (χ0) is 16.7. The predicted molar refractivity (Wildman–Crippen MR) is 95.1 cm³/mol. The quantitative estimate of drug-likeness (QED) is 0.409. The van der Waals surface area contributed by atoms with Crippen LogP contribution in [0.15, 0.2) is 54.6 Å². The van der Waals surface area contributed by atoms with E-state index in [0.717, 1.165) is 10.1 Å². The van der Waals surface area contributed by atoms with Gasteiger partial charge in [-0.3, -0.25) is 0 Å². The number of nitrogens with one attached hydrogen (secondary N) is 1. The van der Waals surface area contributed by atoms with E-state index in [-0.39, 0.29) is 25.5 Å².